The third-order valence-corrected chi connectivity index (χ3v) is 5.47. The number of carbonyl (C=O) groups excluding carboxylic acids is 1. The molecule has 2 atom stereocenters. The first-order valence-electron chi connectivity index (χ1n) is 8.81. The van der Waals surface area contributed by atoms with Crippen LogP contribution in [-0.4, -0.2) is 55.5 Å². The van der Waals surface area contributed by atoms with Crippen LogP contribution in [0, 0.1) is 0 Å². The number of piperidine rings is 1. The Hall–Kier alpha value is -0.870. The summed E-state index contributed by atoms with van der Waals surface area (Å²) in [4.78, 5) is 17.5. The molecule has 144 valence electrons. The summed E-state index contributed by atoms with van der Waals surface area (Å²) in [7, 11) is 1.81. The zero-order valence-electron chi connectivity index (χ0n) is 15.0. The van der Waals surface area contributed by atoms with Crippen LogP contribution in [0.5, 0.6) is 0 Å². The maximum atomic E-state index is 11.0. The zero-order chi connectivity index (χ0) is 17.8. The summed E-state index contributed by atoms with van der Waals surface area (Å²) in [5.41, 5.74) is 6.63. The fourth-order valence-corrected chi connectivity index (χ4v) is 3.69. The van der Waals surface area contributed by atoms with Crippen LogP contribution in [0.3, 0.4) is 0 Å². The largest absolute Gasteiger partial charge is 0.369 e. The van der Waals surface area contributed by atoms with E-state index in [4.69, 9.17) is 5.73 Å². The van der Waals surface area contributed by atoms with Gasteiger partial charge in [0.05, 0.1) is 6.54 Å². The quantitative estimate of drug-likeness (QED) is 0.306. The second-order valence-corrected chi connectivity index (χ2v) is 7.79. The summed E-state index contributed by atoms with van der Waals surface area (Å²) in [5, 5.41) is 7.05. The molecule has 4 N–H and O–H groups in total. The van der Waals surface area contributed by atoms with Crippen LogP contribution in [0.4, 0.5) is 0 Å². The number of nitrogens with two attached hydrogens (primary N) is 1. The maximum Gasteiger partial charge on any atom is 0.231 e. The number of amides is 1. The van der Waals surface area contributed by atoms with Crippen molar-refractivity contribution < 1.29 is 4.79 Å². The molecular formula is C18H27BrIN5O. The highest BCUT2D eigenvalue weighted by molar-refractivity contribution is 14.0. The topological polar surface area (TPSA) is 82.8 Å². The van der Waals surface area contributed by atoms with Crippen LogP contribution in [0.25, 0.3) is 0 Å². The molecule has 1 aliphatic carbocycles. The number of nitrogens with one attached hydrogen (secondary N) is 2. The van der Waals surface area contributed by atoms with Gasteiger partial charge in [0.2, 0.25) is 5.91 Å². The smallest absolute Gasteiger partial charge is 0.231 e. The van der Waals surface area contributed by atoms with Crippen molar-refractivity contribution in [2.75, 3.05) is 26.7 Å². The molecular weight excluding hydrogens is 509 g/mol. The van der Waals surface area contributed by atoms with Crippen LogP contribution < -0.4 is 16.4 Å². The van der Waals surface area contributed by atoms with Crippen molar-refractivity contribution in [3.8, 4) is 0 Å². The first-order valence-corrected chi connectivity index (χ1v) is 9.60. The Kier molecular flexibility index (Phi) is 8.15. The predicted octanol–water partition coefficient (Wildman–Crippen LogP) is 2.04. The molecule has 2 fully saturated rings. The normalized spacial score (nSPS) is 23.8. The standard InChI is InChI=1S/C18H26BrN5O.HI/c1-21-18(22-14-6-8-24(9-7-14)11-17(20)25)23-16-10-15(16)12-2-4-13(19)5-3-12;/h2-5,14-16H,6-11H2,1H3,(H2,20,25)(H2,21,22,23);1H. The molecule has 1 aromatic carbocycles. The molecule has 0 radical (unpaired) electrons. The van der Waals surface area contributed by atoms with Crippen molar-refractivity contribution in [1.82, 2.24) is 15.5 Å². The summed E-state index contributed by atoms with van der Waals surface area (Å²) >= 11 is 3.48. The highest BCUT2D eigenvalue weighted by Crippen LogP contribution is 2.41. The van der Waals surface area contributed by atoms with Crippen LogP contribution in [0.15, 0.2) is 33.7 Å². The minimum atomic E-state index is -0.253. The first-order chi connectivity index (χ1) is 12.0. The van der Waals surface area contributed by atoms with E-state index >= 15 is 0 Å². The predicted molar refractivity (Wildman–Crippen MR) is 119 cm³/mol. The van der Waals surface area contributed by atoms with Gasteiger partial charge in [0.1, 0.15) is 0 Å². The van der Waals surface area contributed by atoms with E-state index in [1.165, 1.54) is 5.56 Å². The number of guanidine groups is 1. The summed E-state index contributed by atoms with van der Waals surface area (Å²) in [5.74, 6) is 1.18. The first kappa shape index (κ1) is 21.4. The van der Waals surface area contributed by atoms with Crippen LogP contribution in [0.1, 0.15) is 30.7 Å². The average molecular weight is 536 g/mol. The van der Waals surface area contributed by atoms with Gasteiger partial charge in [0.25, 0.3) is 0 Å². The number of aliphatic imine (C=N–C) groups is 1. The third-order valence-electron chi connectivity index (χ3n) is 4.94. The van der Waals surface area contributed by atoms with E-state index in [-0.39, 0.29) is 29.9 Å². The van der Waals surface area contributed by atoms with Crippen LogP contribution in [-0.2, 0) is 4.79 Å². The van der Waals surface area contributed by atoms with Gasteiger partial charge in [-0.05, 0) is 37.0 Å². The molecule has 1 aliphatic heterocycles. The molecule has 2 aliphatic rings. The Balaban J connectivity index is 0.00000243. The van der Waals surface area contributed by atoms with Crippen molar-refractivity contribution >= 4 is 51.8 Å². The fraction of sp³-hybridized carbons (Fsp3) is 0.556. The third kappa shape index (κ3) is 6.09. The molecule has 1 amide bonds. The number of hydrogen-bond acceptors (Lipinski definition) is 3. The molecule has 0 aromatic heterocycles. The van der Waals surface area contributed by atoms with Crippen molar-refractivity contribution in [2.24, 2.45) is 10.7 Å². The lowest BCUT2D eigenvalue weighted by Crippen LogP contribution is -2.50. The summed E-state index contributed by atoms with van der Waals surface area (Å²) in [6.45, 7) is 2.14. The maximum absolute atomic E-state index is 11.0. The Morgan fingerprint density at radius 1 is 1.27 bits per heavy atom. The molecule has 2 unspecified atom stereocenters. The van der Waals surface area contributed by atoms with E-state index in [2.05, 4.69) is 60.7 Å². The van der Waals surface area contributed by atoms with E-state index in [1.54, 1.807) is 0 Å². The summed E-state index contributed by atoms with van der Waals surface area (Å²) < 4.78 is 1.11. The number of benzene rings is 1. The molecule has 3 rings (SSSR count). The number of halogens is 2. The average Bonchev–Trinajstić information content (AvgIpc) is 3.35. The van der Waals surface area contributed by atoms with E-state index in [9.17, 15) is 4.79 Å². The van der Waals surface area contributed by atoms with Crippen molar-refractivity contribution in [3.63, 3.8) is 0 Å². The van der Waals surface area contributed by atoms with E-state index < -0.39 is 0 Å². The molecule has 0 spiro atoms. The van der Waals surface area contributed by atoms with Gasteiger partial charge in [-0.3, -0.25) is 14.7 Å². The number of likely N-dealkylation sites (tertiary alicyclic amines) is 1. The van der Waals surface area contributed by atoms with Crippen molar-refractivity contribution in [3.05, 3.63) is 34.3 Å². The lowest BCUT2D eigenvalue weighted by molar-refractivity contribution is -0.119. The molecule has 1 saturated carbocycles. The lowest BCUT2D eigenvalue weighted by Gasteiger charge is -2.32. The number of hydrogen-bond donors (Lipinski definition) is 3. The fourth-order valence-electron chi connectivity index (χ4n) is 3.43. The lowest BCUT2D eigenvalue weighted by atomic mass is 10.1. The second kappa shape index (κ2) is 9.89. The minimum Gasteiger partial charge on any atom is -0.369 e. The Morgan fingerprint density at radius 2 is 1.92 bits per heavy atom. The van der Waals surface area contributed by atoms with Gasteiger partial charge in [-0.1, -0.05) is 28.1 Å². The monoisotopic (exact) mass is 535 g/mol. The molecule has 8 heteroatoms. The van der Waals surface area contributed by atoms with E-state index in [1.807, 2.05) is 7.05 Å². The molecule has 26 heavy (non-hydrogen) atoms. The van der Waals surface area contributed by atoms with Gasteiger partial charge in [0, 0.05) is 42.6 Å². The number of carbonyl (C=O) groups is 1. The van der Waals surface area contributed by atoms with E-state index in [0.29, 0.717) is 24.5 Å². The number of nitrogens with zero attached hydrogens (tertiary/aromatic N) is 2. The summed E-state index contributed by atoms with van der Waals surface area (Å²) in [6.07, 6.45) is 3.13. The zero-order valence-corrected chi connectivity index (χ0v) is 18.9. The van der Waals surface area contributed by atoms with E-state index in [0.717, 1.165) is 42.8 Å². The van der Waals surface area contributed by atoms with Gasteiger partial charge < -0.3 is 16.4 Å². The SMILES string of the molecule is CN=C(NC1CCN(CC(N)=O)CC1)NC1CC1c1ccc(Br)cc1.I. The molecule has 0 bridgehead atoms. The Labute approximate surface area is 180 Å². The van der Waals surface area contributed by atoms with Gasteiger partial charge in [-0.15, -0.1) is 24.0 Å². The van der Waals surface area contributed by atoms with Crippen LogP contribution in [0.2, 0.25) is 0 Å². The van der Waals surface area contributed by atoms with Crippen LogP contribution >= 0.6 is 39.9 Å². The molecule has 1 heterocycles. The van der Waals surface area contributed by atoms with Gasteiger partial charge >= 0.3 is 0 Å². The Bertz CT molecular complexity index is 631. The van der Waals surface area contributed by atoms with Gasteiger partial charge in [-0.25, -0.2) is 0 Å². The highest BCUT2D eigenvalue weighted by Gasteiger charge is 2.39. The number of primary amides is 1. The molecule has 1 aromatic rings. The summed E-state index contributed by atoms with van der Waals surface area (Å²) in [6, 6.07) is 9.39. The number of rotatable bonds is 5. The minimum absolute atomic E-state index is 0. The van der Waals surface area contributed by atoms with Crippen molar-refractivity contribution in [1.29, 1.82) is 0 Å². The Morgan fingerprint density at radius 3 is 2.50 bits per heavy atom. The van der Waals surface area contributed by atoms with Gasteiger partial charge in [-0.2, -0.15) is 0 Å². The highest BCUT2D eigenvalue weighted by atomic mass is 127. The molecule has 1 saturated heterocycles. The molecule has 6 nitrogen and oxygen atoms in total. The second-order valence-electron chi connectivity index (χ2n) is 6.88. The van der Waals surface area contributed by atoms with Crippen molar-refractivity contribution in [2.45, 2.75) is 37.3 Å². The van der Waals surface area contributed by atoms with Gasteiger partial charge in [0.15, 0.2) is 5.96 Å².